The first-order valence-corrected chi connectivity index (χ1v) is 2.30. The fourth-order valence-corrected chi connectivity index (χ4v) is 0.590. The molecule has 1 aliphatic carbocycles. The smallest absolute Gasteiger partial charge is 0 e. The van der Waals surface area contributed by atoms with Crippen molar-refractivity contribution >= 4 is 12.6 Å². The molecule has 0 unspecified atom stereocenters. The summed E-state index contributed by atoms with van der Waals surface area (Å²) >= 11 is 4.01. The molecule has 1 radical (unpaired) electrons. The SMILES string of the molecule is SC1=[C-]CC=C1.[Mn]. The van der Waals surface area contributed by atoms with Gasteiger partial charge < -0.3 is 0 Å². The van der Waals surface area contributed by atoms with Gasteiger partial charge in [-0.25, -0.2) is 6.08 Å². The fourth-order valence-electron chi connectivity index (χ4n) is 0.393. The minimum Gasteiger partial charge on any atom is -0.259 e. The Bertz CT molecular complexity index is 102. The average molecular weight is 152 g/mol. The molecule has 0 aliphatic heterocycles. The van der Waals surface area contributed by atoms with Crippen molar-refractivity contribution in [1.29, 1.82) is 0 Å². The van der Waals surface area contributed by atoms with Gasteiger partial charge in [0, 0.05) is 17.1 Å². The summed E-state index contributed by atoms with van der Waals surface area (Å²) in [6.45, 7) is 0. The van der Waals surface area contributed by atoms with Gasteiger partial charge in [0.25, 0.3) is 0 Å². The van der Waals surface area contributed by atoms with Crippen molar-refractivity contribution in [2.75, 3.05) is 0 Å². The largest absolute Gasteiger partial charge is 0.259 e. The maximum absolute atomic E-state index is 4.01. The van der Waals surface area contributed by atoms with Crippen molar-refractivity contribution < 1.29 is 17.1 Å². The molecule has 1 aliphatic rings. The van der Waals surface area contributed by atoms with Crippen LogP contribution in [0.15, 0.2) is 17.1 Å². The van der Waals surface area contributed by atoms with Gasteiger partial charge in [0.05, 0.1) is 0 Å². The van der Waals surface area contributed by atoms with E-state index in [9.17, 15) is 0 Å². The average Bonchev–Trinajstić information content (AvgIpc) is 1.86. The summed E-state index contributed by atoms with van der Waals surface area (Å²) in [6, 6.07) is 0. The number of hydrogen-bond acceptors (Lipinski definition) is 1. The van der Waals surface area contributed by atoms with Gasteiger partial charge in [0.2, 0.25) is 0 Å². The summed E-state index contributed by atoms with van der Waals surface area (Å²) in [6.07, 6.45) is 7.91. The predicted molar refractivity (Wildman–Crippen MR) is 29.5 cm³/mol. The standard InChI is InChI=1S/C5H5S.Mn/c6-5-3-1-2-4-5;/h1,3,6H,2H2;/q-1;. The van der Waals surface area contributed by atoms with Crippen molar-refractivity contribution in [3.63, 3.8) is 0 Å². The zero-order valence-corrected chi connectivity index (χ0v) is 5.76. The Labute approximate surface area is 59.6 Å². The maximum Gasteiger partial charge on any atom is 0 e. The number of hydrogen-bond donors (Lipinski definition) is 1. The van der Waals surface area contributed by atoms with E-state index in [1.165, 1.54) is 0 Å². The van der Waals surface area contributed by atoms with Gasteiger partial charge in [-0.2, -0.15) is 23.6 Å². The van der Waals surface area contributed by atoms with Crippen LogP contribution in [-0.2, 0) is 17.1 Å². The molecule has 0 amide bonds. The van der Waals surface area contributed by atoms with Crippen LogP contribution >= 0.6 is 12.6 Å². The van der Waals surface area contributed by atoms with Crippen LogP contribution in [0.4, 0.5) is 0 Å². The van der Waals surface area contributed by atoms with Crippen LogP contribution in [0, 0.1) is 6.08 Å². The first kappa shape index (κ1) is 7.35. The second kappa shape index (κ2) is 3.36. The number of rotatable bonds is 0. The van der Waals surface area contributed by atoms with E-state index in [1.54, 1.807) is 0 Å². The van der Waals surface area contributed by atoms with Crippen LogP contribution in [0.1, 0.15) is 6.42 Å². The van der Waals surface area contributed by atoms with Crippen LogP contribution in [0.3, 0.4) is 0 Å². The van der Waals surface area contributed by atoms with Crippen LogP contribution < -0.4 is 0 Å². The van der Waals surface area contributed by atoms with Crippen LogP contribution in [0.2, 0.25) is 0 Å². The minimum atomic E-state index is 0. The van der Waals surface area contributed by atoms with E-state index in [2.05, 4.69) is 18.7 Å². The Kier molecular flexibility index (Phi) is 3.53. The zero-order chi connectivity index (χ0) is 4.41. The van der Waals surface area contributed by atoms with Crippen LogP contribution in [0.5, 0.6) is 0 Å². The van der Waals surface area contributed by atoms with Crippen molar-refractivity contribution in [2.24, 2.45) is 0 Å². The van der Waals surface area contributed by atoms with Crippen LogP contribution in [0.25, 0.3) is 0 Å². The molecule has 0 saturated heterocycles. The predicted octanol–water partition coefficient (Wildman–Crippen LogP) is 1.56. The van der Waals surface area contributed by atoms with Crippen molar-refractivity contribution in [2.45, 2.75) is 6.42 Å². The second-order valence-electron chi connectivity index (χ2n) is 1.17. The third-order valence-corrected chi connectivity index (χ3v) is 0.984. The Morgan fingerprint density at radius 1 is 1.71 bits per heavy atom. The van der Waals surface area contributed by atoms with Gasteiger partial charge in [-0.15, -0.1) is 6.42 Å². The van der Waals surface area contributed by atoms with E-state index in [-0.39, 0.29) is 17.1 Å². The summed E-state index contributed by atoms with van der Waals surface area (Å²) in [5.41, 5.74) is 0. The molecule has 0 aromatic carbocycles. The topological polar surface area (TPSA) is 0 Å². The Balaban J connectivity index is 0.000000360. The van der Waals surface area contributed by atoms with Gasteiger partial charge in [0.15, 0.2) is 0 Å². The van der Waals surface area contributed by atoms with E-state index in [0.29, 0.717) is 0 Å². The molecule has 0 heterocycles. The molecule has 7 heavy (non-hydrogen) atoms. The Hall–Kier alpha value is 0.349. The third-order valence-electron chi connectivity index (χ3n) is 0.677. The first-order chi connectivity index (χ1) is 2.89. The number of allylic oxidation sites excluding steroid dienone is 3. The molecule has 2 heteroatoms. The van der Waals surface area contributed by atoms with E-state index in [1.807, 2.05) is 12.2 Å². The van der Waals surface area contributed by atoms with Crippen molar-refractivity contribution in [1.82, 2.24) is 0 Å². The number of thiol groups is 1. The van der Waals surface area contributed by atoms with Gasteiger partial charge in [-0.1, -0.05) is 0 Å². The van der Waals surface area contributed by atoms with E-state index >= 15 is 0 Å². The quantitative estimate of drug-likeness (QED) is 0.304. The molecule has 0 aromatic heterocycles. The van der Waals surface area contributed by atoms with Gasteiger partial charge in [-0.05, 0) is 0 Å². The monoisotopic (exact) mass is 152 g/mol. The molecule has 1 rings (SSSR count). The zero-order valence-electron chi connectivity index (χ0n) is 3.69. The van der Waals surface area contributed by atoms with E-state index in [0.717, 1.165) is 11.3 Å². The molecule has 0 fully saturated rings. The summed E-state index contributed by atoms with van der Waals surface area (Å²) in [4.78, 5) is 0.968. The molecule has 0 spiro atoms. The second-order valence-corrected chi connectivity index (χ2v) is 1.65. The van der Waals surface area contributed by atoms with Crippen molar-refractivity contribution in [3.8, 4) is 0 Å². The molecule has 39 valence electrons. The van der Waals surface area contributed by atoms with E-state index in [4.69, 9.17) is 0 Å². The normalized spacial score (nSPS) is 15.9. The van der Waals surface area contributed by atoms with Gasteiger partial charge in [0.1, 0.15) is 0 Å². The molecule has 0 atom stereocenters. The molecule has 0 saturated carbocycles. The summed E-state index contributed by atoms with van der Waals surface area (Å²) in [5.74, 6) is 0. The fraction of sp³-hybridized carbons (Fsp3) is 0.200. The summed E-state index contributed by atoms with van der Waals surface area (Å²) in [7, 11) is 0. The summed E-state index contributed by atoms with van der Waals surface area (Å²) < 4.78 is 0. The van der Waals surface area contributed by atoms with Gasteiger partial charge in [-0.3, -0.25) is 6.08 Å². The minimum absolute atomic E-state index is 0. The van der Waals surface area contributed by atoms with Crippen LogP contribution in [-0.4, -0.2) is 0 Å². The third kappa shape index (κ3) is 2.22. The molecule has 0 N–H and O–H groups in total. The van der Waals surface area contributed by atoms with E-state index < -0.39 is 0 Å². The maximum atomic E-state index is 4.01. The van der Waals surface area contributed by atoms with Gasteiger partial charge >= 0.3 is 0 Å². The molecule has 0 bridgehead atoms. The van der Waals surface area contributed by atoms with Crippen molar-refractivity contribution in [3.05, 3.63) is 23.1 Å². The Morgan fingerprint density at radius 3 is 2.57 bits per heavy atom. The first-order valence-electron chi connectivity index (χ1n) is 1.86. The molecule has 0 nitrogen and oxygen atoms in total. The molecule has 0 aromatic rings. The summed E-state index contributed by atoms with van der Waals surface area (Å²) in [5, 5.41) is 0. The molecular formula is C5H5MnS-. The Morgan fingerprint density at radius 2 is 2.43 bits per heavy atom. The molecular weight excluding hydrogens is 147 g/mol.